The average molecular weight is 334 g/mol. The summed E-state index contributed by atoms with van der Waals surface area (Å²) in [4.78, 5) is 6.47. The molecule has 0 atom stereocenters. The number of anilines is 1. The number of pyridine rings is 1. The predicted molar refractivity (Wildman–Crippen MR) is 91.8 cm³/mol. The van der Waals surface area contributed by atoms with Crippen molar-refractivity contribution in [1.82, 2.24) is 15.0 Å². The molecule has 0 spiro atoms. The van der Waals surface area contributed by atoms with Gasteiger partial charge in [-0.2, -0.15) is 0 Å². The molecule has 1 aromatic heterocycles. The molecule has 0 saturated carbocycles. The molecule has 2 rings (SSSR count). The lowest BCUT2D eigenvalue weighted by atomic mass is 10.2. The number of hydrogen-bond donors (Lipinski definition) is 2. The second-order valence-corrected chi connectivity index (χ2v) is 7.24. The van der Waals surface area contributed by atoms with Crippen LogP contribution in [0.5, 0.6) is 0 Å². The summed E-state index contributed by atoms with van der Waals surface area (Å²) in [6, 6.07) is 8.88. The first-order chi connectivity index (χ1) is 10.9. The van der Waals surface area contributed by atoms with E-state index in [2.05, 4.69) is 15.0 Å². The molecule has 0 bridgehead atoms. The molecule has 0 saturated heterocycles. The monoisotopic (exact) mass is 334 g/mol. The van der Waals surface area contributed by atoms with Crippen molar-refractivity contribution in [2.24, 2.45) is 0 Å². The van der Waals surface area contributed by atoms with Gasteiger partial charge in [0.1, 0.15) is 0 Å². The molecule has 124 valence electrons. The minimum absolute atomic E-state index is 0.273. The predicted octanol–water partition coefficient (Wildman–Crippen LogP) is 1.35. The SMILES string of the molecule is CNS(=O)(=O)c1cccc(CNCc2cnccc2N(C)C)c1. The maximum Gasteiger partial charge on any atom is 0.240 e. The van der Waals surface area contributed by atoms with Gasteiger partial charge < -0.3 is 10.2 Å². The van der Waals surface area contributed by atoms with E-state index in [4.69, 9.17) is 0 Å². The van der Waals surface area contributed by atoms with Crippen molar-refractivity contribution in [3.63, 3.8) is 0 Å². The molecule has 0 aliphatic rings. The molecular weight excluding hydrogens is 312 g/mol. The van der Waals surface area contributed by atoms with Gasteiger partial charge in [-0.05, 0) is 30.8 Å². The third kappa shape index (κ3) is 4.51. The number of aromatic nitrogens is 1. The topological polar surface area (TPSA) is 74.3 Å². The Balaban J connectivity index is 2.04. The normalized spacial score (nSPS) is 11.4. The highest BCUT2D eigenvalue weighted by atomic mass is 32.2. The van der Waals surface area contributed by atoms with E-state index in [1.807, 2.05) is 37.3 Å². The van der Waals surface area contributed by atoms with Gasteiger partial charge in [0.2, 0.25) is 10.0 Å². The Morgan fingerprint density at radius 2 is 1.96 bits per heavy atom. The second kappa shape index (κ2) is 7.54. The van der Waals surface area contributed by atoms with Crippen molar-refractivity contribution in [1.29, 1.82) is 0 Å². The number of nitrogens with zero attached hydrogens (tertiary/aromatic N) is 2. The zero-order valence-electron chi connectivity index (χ0n) is 13.6. The second-order valence-electron chi connectivity index (χ2n) is 5.36. The molecule has 0 radical (unpaired) electrons. The van der Waals surface area contributed by atoms with Crippen LogP contribution < -0.4 is 14.9 Å². The van der Waals surface area contributed by atoms with Crippen LogP contribution in [0.1, 0.15) is 11.1 Å². The van der Waals surface area contributed by atoms with Gasteiger partial charge in [0, 0.05) is 50.8 Å². The molecule has 6 nitrogen and oxygen atoms in total. The highest BCUT2D eigenvalue weighted by Gasteiger charge is 2.11. The van der Waals surface area contributed by atoms with E-state index in [0.29, 0.717) is 13.1 Å². The summed E-state index contributed by atoms with van der Waals surface area (Å²) in [5.41, 5.74) is 3.12. The number of rotatable bonds is 7. The number of sulfonamides is 1. The summed E-state index contributed by atoms with van der Waals surface area (Å²) in [6.07, 6.45) is 3.61. The van der Waals surface area contributed by atoms with Gasteiger partial charge in [0.15, 0.2) is 0 Å². The van der Waals surface area contributed by atoms with Crippen LogP contribution in [-0.2, 0) is 23.1 Å². The molecule has 0 amide bonds. The van der Waals surface area contributed by atoms with Crippen molar-refractivity contribution in [3.05, 3.63) is 53.9 Å². The van der Waals surface area contributed by atoms with Crippen molar-refractivity contribution >= 4 is 15.7 Å². The Kier molecular flexibility index (Phi) is 5.70. The fourth-order valence-corrected chi connectivity index (χ4v) is 3.07. The number of hydrogen-bond acceptors (Lipinski definition) is 5. The first-order valence-electron chi connectivity index (χ1n) is 7.27. The first kappa shape index (κ1) is 17.4. The molecule has 2 aromatic rings. The van der Waals surface area contributed by atoms with Gasteiger partial charge >= 0.3 is 0 Å². The molecule has 7 heteroatoms. The quantitative estimate of drug-likeness (QED) is 0.799. The highest BCUT2D eigenvalue weighted by molar-refractivity contribution is 7.89. The summed E-state index contributed by atoms with van der Waals surface area (Å²) in [5.74, 6) is 0. The zero-order valence-corrected chi connectivity index (χ0v) is 14.4. The molecule has 0 aliphatic carbocycles. The third-order valence-corrected chi connectivity index (χ3v) is 4.89. The van der Waals surface area contributed by atoms with E-state index in [1.165, 1.54) is 7.05 Å². The molecule has 1 aromatic carbocycles. The van der Waals surface area contributed by atoms with Gasteiger partial charge in [-0.1, -0.05) is 12.1 Å². The summed E-state index contributed by atoms with van der Waals surface area (Å²) in [6.45, 7) is 1.24. The fourth-order valence-electron chi connectivity index (χ4n) is 2.27. The molecule has 23 heavy (non-hydrogen) atoms. The molecule has 1 heterocycles. The Hall–Kier alpha value is -1.96. The van der Waals surface area contributed by atoms with E-state index in [1.54, 1.807) is 24.4 Å². The Labute approximate surface area is 137 Å². The minimum Gasteiger partial charge on any atom is -0.377 e. The summed E-state index contributed by atoms with van der Waals surface area (Å²) in [7, 11) is 1.98. The van der Waals surface area contributed by atoms with E-state index in [0.717, 1.165) is 16.8 Å². The van der Waals surface area contributed by atoms with Gasteiger partial charge in [0.25, 0.3) is 0 Å². The maximum atomic E-state index is 11.8. The van der Waals surface area contributed by atoms with Crippen LogP contribution in [0, 0.1) is 0 Å². The summed E-state index contributed by atoms with van der Waals surface area (Å²) < 4.78 is 26.0. The van der Waals surface area contributed by atoms with Crippen LogP contribution in [0.2, 0.25) is 0 Å². The van der Waals surface area contributed by atoms with Crippen LogP contribution in [0.15, 0.2) is 47.6 Å². The van der Waals surface area contributed by atoms with Crippen LogP contribution in [-0.4, -0.2) is 34.5 Å². The largest absolute Gasteiger partial charge is 0.377 e. The van der Waals surface area contributed by atoms with Gasteiger partial charge in [-0.25, -0.2) is 13.1 Å². The Morgan fingerprint density at radius 3 is 2.65 bits per heavy atom. The molecule has 0 aliphatic heterocycles. The van der Waals surface area contributed by atoms with Gasteiger partial charge in [-0.3, -0.25) is 4.98 Å². The van der Waals surface area contributed by atoms with E-state index < -0.39 is 10.0 Å². The van der Waals surface area contributed by atoms with Crippen LogP contribution >= 0.6 is 0 Å². The zero-order chi connectivity index (χ0) is 16.9. The summed E-state index contributed by atoms with van der Waals surface area (Å²) in [5, 5.41) is 3.33. The lowest BCUT2D eigenvalue weighted by Gasteiger charge is -2.17. The Bertz CT molecular complexity index is 760. The van der Waals surface area contributed by atoms with Gasteiger partial charge in [0.05, 0.1) is 4.90 Å². The smallest absolute Gasteiger partial charge is 0.240 e. The third-order valence-electron chi connectivity index (χ3n) is 3.48. The molecule has 0 unspecified atom stereocenters. The van der Waals surface area contributed by atoms with Crippen molar-refractivity contribution < 1.29 is 8.42 Å². The van der Waals surface area contributed by atoms with Crippen LogP contribution in [0.25, 0.3) is 0 Å². The van der Waals surface area contributed by atoms with E-state index >= 15 is 0 Å². The standard InChI is InChI=1S/C16H22N4O2S/c1-17-23(21,22)15-6-4-5-13(9-15)10-19-12-14-11-18-8-7-16(14)20(2)3/h4-9,11,17,19H,10,12H2,1-3H3. The van der Waals surface area contributed by atoms with Crippen LogP contribution in [0.3, 0.4) is 0 Å². The molecule has 0 fully saturated rings. The molecule has 2 N–H and O–H groups in total. The number of benzene rings is 1. The van der Waals surface area contributed by atoms with Gasteiger partial charge in [-0.15, -0.1) is 0 Å². The minimum atomic E-state index is -3.41. The van der Waals surface area contributed by atoms with Crippen molar-refractivity contribution in [2.45, 2.75) is 18.0 Å². The maximum absolute atomic E-state index is 11.8. The lowest BCUT2D eigenvalue weighted by Crippen LogP contribution is -2.20. The highest BCUT2D eigenvalue weighted by Crippen LogP contribution is 2.16. The summed E-state index contributed by atoms with van der Waals surface area (Å²) >= 11 is 0. The lowest BCUT2D eigenvalue weighted by molar-refractivity contribution is 0.588. The average Bonchev–Trinajstić information content (AvgIpc) is 2.55. The van der Waals surface area contributed by atoms with E-state index in [-0.39, 0.29) is 4.90 Å². The first-order valence-corrected chi connectivity index (χ1v) is 8.76. The fraction of sp³-hybridized carbons (Fsp3) is 0.312. The van der Waals surface area contributed by atoms with E-state index in [9.17, 15) is 8.42 Å². The van der Waals surface area contributed by atoms with Crippen LogP contribution in [0.4, 0.5) is 5.69 Å². The van der Waals surface area contributed by atoms with Crippen molar-refractivity contribution in [3.8, 4) is 0 Å². The number of nitrogens with one attached hydrogen (secondary N) is 2. The van der Waals surface area contributed by atoms with Crippen molar-refractivity contribution in [2.75, 3.05) is 26.0 Å². The Morgan fingerprint density at radius 1 is 1.17 bits per heavy atom. The molecular formula is C16H22N4O2S.